The van der Waals surface area contributed by atoms with Gasteiger partial charge in [-0.2, -0.15) is 0 Å². The number of rotatable bonds is 8. The summed E-state index contributed by atoms with van der Waals surface area (Å²) in [6.07, 6.45) is 2.84. The zero-order valence-corrected chi connectivity index (χ0v) is 21.5. The van der Waals surface area contributed by atoms with Gasteiger partial charge in [-0.05, 0) is 62.3 Å². The van der Waals surface area contributed by atoms with Crippen LogP contribution in [-0.4, -0.2) is 59.0 Å². The monoisotopic (exact) mass is 488 g/mol. The summed E-state index contributed by atoms with van der Waals surface area (Å²) in [6.45, 7) is 12.3. The van der Waals surface area contributed by atoms with Gasteiger partial charge in [-0.1, -0.05) is 27.7 Å². The maximum absolute atomic E-state index is 13.3. The molecule has 5 rings (SSSR count). The molecule has 2 heterocycles. The minimum Gasteiger partial charge on any atom is -0.404 e. The minimum atomic E-state index is -1.22. The smallest absolute Gasteiger partial charge is 0.404 e. The third kappa shape index (κ3) is 4.68. The molecule has 9 nitrogen and oxygen atoms in total. The lowest BCUT2D eigenvalue weighted by atomic mass is 9.43. The van der Waals surface area contributed by atoms with Gasteiger partial charge in [0, 0.05) is 16.9 Å². The van der Waals surface area contributed by atoms with Crippen molar-refractivity contribution in [2.75, 3.05) is 0 Å². The molecule has 2 amide bonds. The summed E-state index contributed by atoms with van der Waals surface area (Å²) in [5.74, 6) is -0.374. The van der Waals surface area contributed by atoms with Crippen molar-refractivity contribution in [2.45, 2.75) is 90.6 Å². The third-order valence-electron chi connectivity index (χ3n) is 8.47. The molecule has 4 aliphatic rings. The summed E-state index contributed by atoms with van der Waals surface area (Å²) >= 11 is 0. The van der Waals surface area contributed by atoms with Gasteiger partial charge in [0.1, 0.15) is 6.04 Å². The van der Waals surface area contributed by atoms with E-state index in [1.54, 1.807) is 12.1 Å². The van der Waals surface area contributed by atoms with Gasteiger partial charge in [-0.15, -0.1) is 0 Å². The molecule has 3 aliphatic carbocycles. The van der Waals surface area contributed by atoms with E-state index in [4.69, 9.17) is 9.31 Å². The lowest BCUT2D eigenvalue weighted by Crippen LogP contribution is -2.65. The summed E-state index contributed by atoms with van der Waals surface area (Å²) in [5, 5.41) is 25.7. The quantitative estimate of drug-likeness (QED) is 0.250. The average Bonchev–Trinajstić information content (AvgIpc) is 3.13. The molecule has 4 N–H and O–H groups in total. The number of carbonyl (C=O) groups is 2. The summed E-state index contributed by atoms with van der Waals surface area (Å²) in [5.41, 5.74) is -0.239. The predicted octanol–water partition coefficient (Wildman–Crippen LogP) is 1.49. The first-order valence-electron chi connectivity index (χ1n) is 12.7. The molecule has 1 aromatic heterocycles. The molecular formula is C25H39BN3O6+. The van der Waals surface area contributed by atoms with Crippen LogP contribution in [0, 0.1) is 23.2 Å². The number of carbonyl (C=O) groups excluding carboxylic acids is 2. The van der Waals surface area contributed by atoms with Crippen LogP contribution in [0.3, 0.4) is 0 Å². The van der Waals surface area contributed by atoms with Gasteiger partial charge in [0.05, 0.1) is 23.8 Å². The van der Waals surface area contributed by atoms with Gasteiger partial charge in [0.25, 0.3) is 0 Å². The molecule has 0 aromatic carbocycles. The topological polar surface area (TPSA) is 121 Å². The zero-order valence-electron chi connectivity index (χ0n) is 21.5. The SMILES string of the molecule is CC(C)C[C@H](NC(=O)[C@@H](NC(=O)c1cccc[n+]1O)[C@@H](C)O)B1O[C@@H]2C[C@@H]3C[C@@H](C3(C)C)[C@]2(C)O1. The van der Waals surface area contributed by atoms with Gasteiger partial charge in [0.2, 0.25) is 12.1 Å². The van der Waals surface area contributed by atoms with Gasteiger partial charge in [-0.25, -0.2) is 0 Å². The molecule has 1 aromatic rings. The molecule has 2 bridgehead atoms. The van der Waals surface area contributed by atoms with E-state index in [0.717, 1.165) is 12.8 Å². The van der Waals surface area contributed by atoms with Crippen LogP contribution in [0.25, 0.3) is 0 Å². The molecule has 0 radical (unpaired) electrons. The van der Waals surface area contributed by atoms with Crippen LogP contribution in [-0.2, 0) is 14.1 Å². The fourth-order valence-corrected chi connectivity index (χ4v) is 6.32. The molecule has 1 saturated heterocycles. The summed E-state index contributed by atoms with van der Waals surface area (Å²) in [7, 11) is -0.606. The number of pyridine rings is 1. The fraction of sp³-hybridized carbons (Fsp3) is 0.720. The molecule has 3 saturated carbocycles. The number of amides is 2. The predicted molar refractivity (Wildman–Crippen MR) is 128 cm³/mol. The molecular weight excluding hydrogens is 449 g/mol. The van der Waals surface area contributed by atoms with Crippen LogP contribution in [0.2, 0.25) is 0 Å². The van der Waals surface area contributed by atoms with Crippen molar-refractivity contribution in [1.29, 1.82) is 0 Å². The van der Waals surface area contributed by atoms with E-state index < -0.39 is 42.6 Å². The van der Waals surface area contributed by atoms with Crippen molar-refractivity contribution in [3.05, 3.63) is 30.1 Å². The highest BCUT2D eigenvalue weighted by atomic mass is 16.7. The second-order valence-electron chi connectivity index (χ2n) is 11.7. The van der Waals surface area contributed by atoms with Crippen molar-refractivity contribution >= 4 is 18.9 Å². The number of aliphatic hydroxyl groups is 1. The molecule has 1 aliphatic heterocycles. The Balaban J connectivity index is 1.48. The van der Waals surface area contributed by atoms with E-state index in [1.807, 2.05) is 0 Å². The number of hydrogen-bond donors (Lipinski definition) is 4. The van der Waals surface area contributed by atoms with Crippen molar-refractivity contribution in [2.24, 2.45) is 23.2 Å². The molecule has 7 atom stereocenters. The Bertz CT molecular complexity index is 972. The Kier molecular flexibility index (Phi) is 6.94. The van der Waals surface area contributed by atoms with Gasteiger partial charge < -0.3 is 25.0 Å². The van der Waals surface area contributed by atoms with E-state index in [0.29, 0.717) is 23.0 Å². The summed E-state index contributed by atoms with van der Waals surface area (Å²) < 4.78 is 13.7. The van der Waals surface area contributed by atoms with E-state index in [-0.39, 0.29) is 23.1 Å². The molecule has 10 heteroatoms. The molecule has 0 unspecified atom stereocenters. The van der Waals surface area contributed by atoms with E-state index in [1.165, 1.54) is 19.2 Å². The Morgan fingerprint density at radius 1 is 1.20 bits per heavy atom. The van der Waals surface area contributed by atoms with Gasteiger partial charge in [-0.3, -0.25) is 14.8 Å². The maximum atomic E-state index is 13.3. The molecule has 192 valence electrons. The van der Waals surface area contributed by atoms with Crippen LogP contribution >= 0.6 is 0 Å². The second-order valence-corrected chi connectivity index (χ2v) is 11.7. The van der Waals surface area contributed by atoms with Gasteiger partial charge in [0.15, 0.2) is 0 Å². The second kappa shape index (κ2) is 9.37. The standard InChI is InChI=1S/C25H38BN3O6/c1-14(2)11-20(26-34-19-13-16-12-18(24(16,4)5)25(19,6)35-26)27-23(32)21(15(3)30)28-22(31)17-9-7-8-10-29(17)33/h7-10,14-16,18-21,30H,11-13H2,1-6H3,(H2-,27,28,31,32,33)/p+1/t15-,16+,18+,19-,20+,21+,25+/m1/s1. The Hall–Kier alpha value is -2.17. The zero-order chi connectivity index (χ0) is 25.7. The summed E-state index contributed by atoms with van der Waals surface area (Å²) in [4.78, 5) is 26.0. The molecule has 4 fully saturated rings. The van der Waals surface area contributed by atoms with Crippen molar-refractivity contribution < 1.29 is 33.9 Å². The van der Waals surface area contributed by atoms with Crippen LogP contribution in [0.5, 0.6) is 0 Å². The highest BCUT2D eigenvalue weighted by molar-refractivity contribution is 6.48. The van der Waals surface area contributed by atoms with Crippen molar-refractivity contribution in [3.63, 3.8) is 0 Å². The molecule has 0 spiro atoms. The lowest BCUT2D eigenvalue weighted by Gasteiger charge is -2.64. The lowest BCUT2D eigenvalue weighted by molar-refractivity contribution is -0.905. The van der Waals surface area contributed by atoms with E-state index >= 15 is 0 Å². The Morgan fingerprint density at radius 3 is 2.51 bits per heavy atom. The minimum absolute atomic E-state index is 0.0128. The number of hydrogen-bond acceptors (Lipinski definition) is 6. The van der Waals surface area contributed by atoms with Crippen molar-refractivity contribution in [1.82, 2.24) is 10.6 Å². The Labute approximate surface area is 207 Å². The maximum Gasteiger partial charge on any atom is 0.481 e. The Morgan fingerprint density at radius 2 is 1.91 bits per heavy atom. The molecule has 35 heavy (non-hydrogen) atoms. The third-order valence-corrected chi connectivity index (χ3v) is 8.47. The van der Waals surface area contributed by atoms with Crippen LogP contribution in [0.4, 0.5) is 0 Å². The largest absolute Gasteiger partial charge is 0.481 e. The van der Waals surface area contributed by atoms with Crippen molar-refractivity contribution in [3.8, 4) is 0 Å². The number of nitrogens with zero attached hydrogens (tertiary/aromatic N) is 1. The van der Waals surface area contributed by atoms with Crippen LogP contribution < -0.4 is 15.4 Å². The van der Waals surface area contributed by atoms with Gasteiger partial charge >= 0.3 is 18.7 Å². The average molecular weight is 488 g/mol. The number of aliphatic hydroxyl groups excluding tert-OH is 1. The van der Waals surface area contributed by atoms with E-state index in [2.05, 4.69) is 45.3 Å². The normalized spacial score (nSPS) is 31.2. The first kappa shape index (κ1) is 25.9. The summed E-state index contributed by atoms with van der Waals surface area (Å²) in [6, 6.07) is 3.36. The highest BCUT2D eigenvalue weighted by Crippen LogP contribution is 2.65. The fourth-order valence-electron chi connectivity index (χ4n) is 6.32. The number of nitrogens with one attached hydrogen (secondary N) is 2. The first-order valence-corrected chi connectivity index (χ1v) is 12.7. The first-order chi connectivity index (χ1) is 16.3. The van der Waals surface area contributed by atoms with Crippen LogP contribution in [0.15, 0.2) is 24.4 Å². The van der Waals surface area contributed by atoms with E-state index in [9.17, 15) is 19.9 Å². The number of aromatic nitrogens is 1. The highest BCUT2D eigenvalue weighted by Gasteiger charge is 2.68. The van der Waals surface area contributed by atoms with Crippen LogP contribution in [0.1, 0.15) is 71.3 Å².